The van der Waals surface area contributed by atoms with E-state index >= 15 is 0 Å². The van der Waals surface area contributed by atoms with Gasteiger partial charge >= 0.3 is 0 Å². The van der Waals surface area contributed by atoms with Crippen LogP contribution in [0.2, 0.25) is 0 Å². The highest BCUT2D eigenvalue weighted by Gasteiger charge is 2.36. The molecule has 0 amide bonds. The first-order chi connectivity index (χ1) is 7.53. The predicted octanol–water partition coefficient (Wildman–Crippen LogP) is 4.07. The van der Waals surface area contributed by atoms with Crippen LogP contribution in [-0.4, -0.2) is 5.78 Å². The van der Waals surface area contributed by atoms with E-state index in [-0.39, 0.29) is 17.1 Å². The maximum absolute atomic E-state index is 12.1. The SMILES string of the molecule is CC=CC(=O)C1C(=CCC)C=CCC1(C)C. The monoisotopic (exact) mass is 218 g/mol. The number of hydrogen-bond acceptors (Lipinski definition) is 1. The van der Waals surface area contributed by atoms with Gasteiger partial charge in [-0.3, -0.25) is 4.79 Å². The fraction of sp³-hybridized carbons (Fsp3) is 0.533. The molecule has 16 heavy (non-hydrogen) atoms. The summed E-state index contributed by atoms with van der Waals surface area (Å²) < 4.78 is 0. The van der Waals surface area contributed by atoms with Crippen LogP contribution in [0.1, 0.15) is 40.5 Å². The number of carbonyl (C=O) groups is 1. The van der Waals surface area contributed by atoms with E-state index in [1.165, 1.54) is 5.57 Å². The van der Waals surface area contributed by atoms with Crippen molar-refractivity contribution in [3.8, 4) is 0 Å². The van der Waals surface area contributed by atoms with Crippen LogP contribution in [0.15, 0.2) is 36.0 Å². The first-order valence-corrected chi connectivity index (χ1v) is 6.06. The zero-order valence-corrected chi connectivity index (χ0v) is 10.8. The summed E-state index contributed by atoms with van der Waals surface area (Å²) in [5.74, 6) is 0.255. The molecule has 1 aliphatic carbocycles. The molecule has 0 heterocycles. The fourth-order valence-electron chi connectivity index (χ4n) is 2.40. The lowest BCUT2D eigenvalue weighted by atomic mass is 9.67. The van der Waals surface area contributed by atoms with Crippen LogP contribution in [0, 0.1) is 11.3 Å². The van der Waals surface area contributed by atoms with Crippen molar-refractivity contribution in [2.45, 2.75) is 40.5 Å². The van der Waals surface area contributed by atoms with E-state index in [0.717, 1.165) is 12.8 Å². The third kappa shape index (κ3) is 2.72. The lowest BCUT2D eigenvalue weighted by molar-refractivity contribution is -0.120. The molecule has 0 fully saturated rings. The van der Waals surface area contributed by atoms with Gasteiger partial charge in [0.2, 0.25) is 0 Å². The molecule has 0 aromatic heterocycles. The van der Waals surface area contributed by atoms with Crippen molar-refractivity contribution in [3.05, 3.63) is 36.0 Å². The Hall–Kier alpha value is -1.11. The molecular weight excluding hydrogens is 196 g/mol. The molecule has 0 radical (unpaired) electrons. The second kappa shape index (κ2) is 5.29. The molecule has 0 aromatic rings. The molecule has 0 bridgehead atoms. The molecule has 88 valence electrons. The van der Waals surface area contributed by atoms with E-state index < -0.39 is 0 Å². The van der Waals surface area contributed by atoms with Gasteiger partial charge in [-0.2, -0.15) is 0 Å². The second-order valence-corrected chi connectivity index (χ2v) is 5.04. The van der Waals surface area contributed by atoms with E-state index in [0.29, 0.717) is 0 Å². The van der Waals surface area contributed by atoms with Gasteiger partial charge in [-0.05, 0) is 36.8 Å². The first kappa shape index (κ1) is 13.0. The Morgan fingerprint density at radius 2 is 2.25 bits per heavy atom. The highest BCUT2D eigenvalue weighted by atomic mass is 16.1. The van der Waals surface area contributed by atoms with Gasteiger partial charge in [-0.15, -0.1) is 0 Å². The molecule has 1 nitrogen and oxygen atoms in total. The molecule has 0 saturated carbocycles. The molecule has 0 saturated heterocycles. The van der Waals surface area contributed by atoms with Crippen molar-refractivity contribution < 1.29 is 4.79 Å². The van der Waals surface area contributed by atoms with E-state index in [1.807, 2.05) is 13.0 Å². The topological polar surface area (TPSA) is 17.1 Å². The number of ketones is 1. The first-order valence-electron chi connectivity index (χ1n) is 6.06. The summed E-state index contributed by atoms with van der Waals surface area (Å²) in [7, 11) is 0. The maximum atomic E-state index is 12.1. The molecule has 1 atom stereocenters. The molecule has 1 rings (SSSR count). The largest absolute Gasteiger partial charge is 0.294 e. The summed E-state index contributed by atoms with van der Waals surface area (Å²) in [6.45, 7) is 8.35. The van der Waals surface area contributed by atoms with Crippen LogP contribution in [-0.2, 0) is 4.79 Å². The third-order valence-corrected chi connectivity index (χ3v) is 3.12. The van der Waals surface area contributed by atoms with E-state index in [2.05, 4.69) is 39.0 Å². The molecule has 1 heteroatoms. The summed E-state index contributed by atoms with van der Waals surface area (Å²) in [6.07, 6.45) is 12.0. The van der Waals surface area contributed by atoms with Crippen LogP contribution in [0.25, 0.3) is 0 Å². The Bertz CT molecular complexity index is 342. The summed E-state index contributed by atoms with van der Waals surface area (Å²) in [6, 6.07) is 0. The molecule has 1 unspecified atom stereocenters. The minimum Gasteiger partial charge on any atom is -0.294 e. The highest BCUT2D eigenvalue weighted by Crippen LogP contribution is 2.41. The van der Waals surface area contributed by atoms with Crippen molar-refractivity contribution in [1.82, 2.24) is 0 Å². The summed E-state index contributed by atoms with van der Waals surface area (Å²) in [4.78, 5) is 12.1. The van der Waals surface area contributed by atoms with Crippen molar-refractivity contribution >= 4 is 5.78 Å². The maximum Gasteiger partial charge on any atom is 0.163 e. The van der Waals surface area contributed by atoms with Gasteiger partial charge in [0.15, 0.2) is 5.78 Å². The Balaban J connectivity index is 3.10. The molecule has 0 aliphatic heterocycles. The second-order valence-electron chi connectivity index (χ2n) is 5.04. The van der Waals surface area contributed by atoms with E-state index in [9.17, 15) is 4.79 Å². The Kier molecular flexibility index (Phi) is 4.28. The van der Waals surface area contributed by atoms with Crippen LogP contribution in [0.5, 0.6) is 0 Å². The minimum absolute atomic E-state index is 0.0219. The van der Waals surface area contributed by atoms with Crippen LogP contribution in [0.3, 0.4) is 0 Å². The quantitative estimate of drug-likeness (QED) is 0.653. The summed E-state index contributed by atoms with van der Waals surface area (Å²) in [5, 5.41) is 0. The Labute approximate surface area is 98.9 Å². The average molecular weight is 218 g/mol. The van der Waals surface area contributed by atoms with Gasteiger partial charge in [-0.1, -0.05) is 45.1 Å². The Morgan fingerprint density at radius 3 is 2.81 bits per heavy atom. The van der Waals surface area contributed by atoms with Gasteiger partial charge < -0.3 is 0 Å². The lowest BCUT2D eigenvalue weighted by Crippen LogP contribution is -2.33. The van der Waals surface area contributed by atoms with Crippen LogP contribution in [0.4, 0.5) is 0 Å². The predicted molar refractivity (Wildman–Crippen MR) is 69.2 cm³/mol. The number of hydrogen-bond donors (Lipinski definition) is 0. The van der Waals surface area contributed by atoms with Gasteiger partial charge in [0, 0.05) is 0 Å². The number of allylic oxidation sites excluding steroid dienone is 6. The van der Waals surface area contributed by atoms with Gasteiger partial charge in [0.25, 0.3) is 0 Å². The standard InChI is InChI=1S/C15H22O/c1-5-8-12-10-7-11-15(3,4)14(12)13(16)9-6-2/h6-10,14H,5,11H2,1-4H3. The molecule has 1 aliphatic rings. The highest BCUT2D eigenvalue weighted by molar-refractivity contribution is 5.95. The number of rotatable bonds is 3. The summed E-state index contributed by atoms with van der Waals surface area (Å²) in [5.41, 5.74) is 1.22. The lowest BCUT2D eigenvalue weighted by Gasteiger charge is -2.36. The van der Waals surface area contributed by atoms with Crippen molar-refractivity contribution in [2.75, 3.05) is 0 Å². The van der Waals surface area contributed by atoms with Crippen molar-refractivity contribution in [1.29, 1.82) is 0 Å². The molecule has 0 N–H and O–H groups in total. The van der Waals surface area contributed by atoms with Crippen LogP contribution >= 0.6 is 0 Å². The van der Waals surface area contributed by atoms with Gasteiger partial charge in [0.1, 0.15) is 0 Å². The zero-order valence-electron chi connectivity index (χ0n) is 10.8. The smallest absolute Gasteiger partial charge is 0.163 e. The zero-order chi connectivity index (χ0) is 12.2. The van der Waals surface area contributed by atoms with Gasteiger partial charge in [0.05, 0.1) is 5.92 Å². The van der Waals surface area contributed by atoms with Crippen molar-refractivity contribution in [3.63, 3.8) is 0 Å². The normalized spacial score (nSPS) is 26.5. The number of carbonyl (C=O) groups excluding carboxylic acids is 1. The minimum atomic E-state index is 0.0219. The Morgan fingerprint density at radius 1 is 1.56 bits per heavy atom. The molecular formula is C15H22O. The van der Waals surface area contributed by atoms with E-state index in [4.69, 9.17) is 0 Å². The van der Waals surface area contributed by atoms with Crippen molar-refractivity contribution in [2.24, 2.45) is 11.3 Å². The van der Waals surface area contributed by atoms with E-state index in [1.54, 1.807) is 6.08 Å². The molecule has 0 spiro atoms. The third-order valence-electron chi connectivity index (χ3n) is 3.12. The van der Waals surface area contributed by atoms with Crippen LogP contribution < -0.4 is 0 Å². The summed E-state index contributed by atoms with van der Waals surface area (Å²) >= 11 is 0. The van der Waals surface area contributed by atoms with Gasteiger partial charge in [-0.25, -0.2) is 0 Å². The fourth-order valence-corrected chi connectivity index (χ4v) is 2.40. The average Bonchev–Trinajstić information content (AvgIpc) is 2.17. The molecule has 0 aromatic carbocycles.